The number of halogens is 1. The summed E-state index contributed by atoms with van der Waals surface area (Å²) in [6.45, 7) is 1.16. The molecule has 3 rings (SSSR count). The Labute approximate surface area is 179 Å². The molecule has 1 N–H and O–H groups in total. The highest BCUT2D eigenvalue weighted by Gasteiger charge is 2.22. The zero-order chi connectivity index (χ0) is 21.7. The highest BCUT2D eigenvalue weighted by molar-refractivity contribution is 7.99. The lowest BCUT2D eigenvalue weighted by atomic mass is 10.2. The average molecular weight is 458 g/mol. The molecule has 0 saturated carbocycles. The number of sulfonamides is 1. The molecule has 1 saturated heterocycles. The van der Waals surface area contributed by atoms with E-state index in [4.69, 9.17) is 4.74 Å². The van der Waals surface area contributed by atoms with Crippen LogP contribution in [0.3, 0.4) is 0 Å². The van der Waals surface area contributed by atoms with Crippen molar-refractivity contribution in [1.82, 2.24) is 20.1 Å². The summed E-state index contributed by atoms with van der Waals surface area (Å²) in [5.41, 5.74) is 0.324. The van der Waals surface area contributed by atoms with Gasteiger partial charge in [-0.15, -0.1) is 10.2 Å². The molecule has 0 unspecified atom stereocenters. The quantitative estimate of drug-likeness (QED) is 0.566. The monoisotopic (exact) mass is 457 g/mol. The number of hydrogen-bond acceptors (Lipinski definition) is 7. The summed E-state index contributed by atoms with van der Waals surface area (Å²) in [7, 11) is -1.93. The van der Waals surface area contributed by atoms with Gasteiger partial charge in [0.15, 0.2) is 11.0 Å². The van der Waals surface area contributed by atoms with E-state index in [0.29, 0.717) is 23.2 Å². The molecule has 30 heavy (non-hydrogen) atoms. The van der Waals surface area contributed by atoms with Crippen LogP contribution in [0.25, 0.3) is 0 Å². The highest BCUT2D eigenvalue weighted by Crippen LogP contribution is 2.22. The zero-order valence-electron chi connectivity index (χ0n) is 16.7. The van der Waals surface area contributed by atoms with Gasteiger partial charge in [-0.3, -0.25) is 9.10 Å². The highest BCUT2D eigenvalue weighted by atomic mass is 32.2. The Balaban J connectivity index is 1.61. The lowest BCUT2D eigenvalue weighted by molar-refractivity contribution is -0.119. The summed E-state index contributed by atoms with van der Waals surface area (Å²) in [5, 5.41) is 11.4. The molecule has 1 aliphatic rings. The number of thioether (sulfide) groups is 1. The normalized spacial score (nSPS) is 16.6. The second-order valence-electron chi connectivity index (χ2n) is 6.93. The van der Waals surface area contributed by atoms with Crippen molar-refractivity contribution in [2.24, 2.45) is 7.05 Å². The summed E-state index contributed by atoms with van der Waals surface area (Å²) in [4.78, 5) is 12.0. The van der Waals surface area contributed by atoms with Gasteiger partial charge in [-0.1, -0.05) is 11.8 Å². The van der Waals surface area contributed by atoms with E-state index in [-0.39, 0.29) is 24.3 Å². The van der Waals surface area contributed by atoms with Crippen LogP contribution in [0.5, 0.6) is 0 Å². The van der Waals surface area contributed by atoms with E-state index < -0.39 is 15.8 Å². The molecule has 1 amide bonds. The molecule has 1 aliphatic heterocycles. The van der Waals surface area contributed by atoms with Gasteiger partial charge in [0.25, 0.3) is 0 Å². The number of aromatic nitrogens is 3. The van der Waals surface area contributed by atoms with E-state index in [9.17, 15) is 17.6 Å². The van der Waals surface area contributed by atoms with Gasteiger partial charge in [0.05, 0.1) is 30.3 Å². The SMILES string of the molecule is Cn1c(CN(c2ccc(F)cc2)S(C)(=O)=O)nnc1SCC(=O)NC[C@@H]1CCCO1. The predicted octanol–water partition coefficient (Wildman–Crippen LogP) is 1.31. The Hall–Kier alpha value is -2.18. The van der Waals surface area contributed by atoms with Crippen molar-refractivity contribution in [2.75, 3.05) is 29.5 Å². The molecule has 9 nitrogen and oxygen atoms in total. The minimum atomic E-state index is -3.63. The molecule has 2 aromatic rings. The minimum absolute atomic E-state index is 0.0697. The molecule has 1 aromatic heterocycles. The van der Waals surface area contributed by atoms with Crippen LogP contribution in [-0.2, 0) is 33.1 Å². The lowest BCUT2D eigenvalue weighted by Crippen LogP contribution is -2.33. The summed E-state index contributed by atoms with van der Waals surface area (Å²) in [6.07, 6.45) is 3.11. The van der Waals surface area contributed by atoms with Crippen molar-refractivity contribution in [3.05, 3.63) is 35.9 Å². The van der Waals surface area contributed by atoms with Crippen LogP contribution in [0.2, 0.25) is 0 Å². The third kappa shape index (κ3) is 5.92. The van der Waals surface area contributed by atoms with Crippen molar-refractivity contribution in [3.8, 4) is 0 Å². The van der Waals surface area contributed by atoms with Crippen LogP contribution in [0.15, 0.2) is 29.4 Å². The minimum Gasteiger partial charge on any atom is -0.376 e. The number of hydrogen-bond donors (Lipinski definition) is 1. The van der Waals surface area contributed by atoms with Crippen molar-refractivity contribution in [1.29, 1.82) is 0 Å². The fourth-order valence-electron chi connectivity index (χ4n) is 2.96. The Kier molecular flexibility index (Phi) is 7.32. The van der Waals surface area contributed by atoms with Crippen LogP contribution in [-0.4, -0.2) is 60.4 Å². The first kappa shape index (κ1) is 22.5. The Bertz CT molecular complexity index is 975. The van der Waals surface area contributed by atoms with Crippen molar-refractivity contribution < 1.29 is 22.3 Å². The van der Waals surface area contributed by atoms with Crippen molar-refractivity contribution in [3.63, 3.8) is 0 Å². The van der Waals surface area contributed by atoms with Gasteiger partial charge in [0.2, 0.25) is 15.9 Å². The van der Waals surface area contributed by atoms with Gasteiger partial charge in [0.1, 0.15) is 5.82 Å². The summed E-state index contributed by atoms with van der Waals surface area (Å²) >= 11 is 1.21. The molecule has 0 spiro atoms. The fraction of sp³-hybridized carbons (Fsp3) is 0.500. The number of carbonyl (C=O) groups is 1. The maximum Gasteiger partial charge on any atom is 0.232 e. The molecule has 2 heterocycles. The maximum absolute atomic E-state index is 13.2. The third-order valence-corrected chi connectivity index (χ3v) is 6.77. The van der Waals surface area contributed by atoms with Crippen LogP contribution >= 0.6 is 11.8 Å². The molecular formula is C18H24FN5O4S2. The average Bonchev–Trinajstić information content (AvgIpc) is 3.33. The standard InChI is InChI=1S/C18H24FN5O4S2/c1-23-16(11-24(30(2,26)27)14-7-5-13(19)6-8-14)21-22-18(23)29-12-17(25)20-10-15-4-3-9-28-15/h5-8,15H,3-4,9-12H2,1-2H3,(H,20,25)/t15-/m0/s1. The number of carbonyl (C=O) groups excluding carboxylic acids is 1. The van der Waals surface area contributed by atoms with E-state index in [0.717, 1.165) is 30.0 Å². The largest absolute Gasteiger partial charge is 0.376 e. The molecule has 1 fully saturated rings. The topological polar surface area (TPSA) is 106 Å². The van der Waals surface area contributed by atoms with Gasteiger partial charge in [-0.2, -0.15) is 0 Å². The van der Waals surface area contributed by atoms with Crippen LogP contribution in [0.4, 0.5) is 10.1 Å². The maximum atomic E-state index is 13.2. The Morgan fingerprint density at radius 3 is 2.73 bits per heavy atom. The Morgan fingerprint density at radius 2 is 2.10 bits per heavy atom. The first-order chi connectivity index (χ1) is 14.2. The van der Waals surface area contributed by atoms with E-state index in [1.807, 2.05) is 0 Å². The summed E-state index contributed by atoms with van der Waals surface area (Å²) in [5.74, 6) is -0.0367. The summed E-state index contributed by atoms with van der Waals surface area (Å²) < 4.78 is 45.9. The third-order valence-electron chi connectivity index (χ3n) is 4.61. The number of amides is 1. The number of nitrogens with one attached hydrogen (secondary N) is 1. The van der Waals surface area contributed by atoms with Gasteiger partial charge in [-0.25, -0.2) is 12.8 Å². The molecule has 1 aromatic carbocycles. The summed E-state index contributed by atoms with van der Waals surface area (Å²) in [6, 6.07) is 5.17. The van der Waals surface area contributed by atoms with Crippen LogP contribution < -0.4 is 9.62 Å². The van der Waals surface area contributed by atoms with Gasteiger partial charge in [0, 0.05) is 20.2 Å². The van der Waals surface area contributed by atoms with E-state index in [1.165, 1.54) is 36.0 Å². The second kappa shape index (κ2) is 9.75. The number of nitrogens with zero attached hydrogens (tertiary/aromatic N) is 4. The molecule has 12 heteroatoms. The van der Waals surface area contributed by atoms with Crippen LogP contribution in [0.1, 0.15) is 18.7 Å². The molecule has 1 atom stereocenters. The van der Waals surface area contributed by atoms with Crippen molar-refractivity contribution in [2.45, 2.75) is 30.6 Å². The molecular weight excluding hydrogens is 433 g/mol. The first-order valence-corrected chi connectivity index (χ1v) is 12.2. The second-order valence-corrected chi connectivity index (χ2v) is 9.78. The van der Waals surface area contributed by atoms with Crippen molar-refractivity contribution >= 4 is 33.4 Å². The molecule has 0 radical (unpaired) electrons. The predicted molar refractivity (Wildman–Crippen MR) is 111 cm³/mol. The molecule has 164 valence electrons. The Morgan fingerprint density at radius 1 is 1.37 bits per heavy atom. The lowest BCUT2D eigenvalue weighted by Gasteiger charge is -2.21. The van der Waals surface area contributed by atoms with Gasteiger partial charge in [-0.05, 0) is 37.1 Å². The van der Waals surface area contributed by atoms with Gasteiger partial charge >= 0.3 is 0 Å². The van der Waals surface area contributed by atoms with E-state index in [1.54, 1.807) is 11.6 Å². The van der Waals surface area contributed by atoms with E-state index in [2.05, 4.69) is 15.5 Å². The zero-order valence-corrected chi connectivity index (χ0v) is 18.4. The molecule has 0 aliphatic carbocycles. The molecule has 0 bridgehead atoms. The number of rotatable bonds is 9. The van der Waals surface area contributed by atoms with Crippen LogP contribution in [0, 0.1) is 5.82 Å². The fourth-order valence-corrected chi connectivity index (χ4v) is 4.57. The first-order valence-electron chi connectivity index (χ1n) is 9.36. The smallest absolute Gasteiger partial charge is 0.232 e. The van der Waals surface area contributed by atoms with E-state index >= 15 is 0 Å². The number of benzene rings is 1. The number of anilines is 1. The van der Waals surface area contributed by atoms with Gasteiger partial charge < -0.3 is 14.6 Å². The number of ether oxygens (including phenoxy) is 1.